The Morgan fingerprint density at radius 3 is 2.65 bits per heavy atom. The maximum atomic E-state index is 13.2. The number of nitrogens with one attached hydrogen (secondary N) is 1. The Hall–Kier alpha value is -4.18. The zero-order valence-corrected chi connectivity index (χ0v) is 18.8. The standard InChI is InChI=1S/C24H18FN5O3S/c1-14-20(15-5-3-2-4-6-15)21-23(34-14)26-13-30(24(21)32)28-18(31)11-12-19-27-22(29-33-19)16-7-9-17(25)10-8-16/h2-10,13H,11-12H2,1H3,(H,28,31). The quantitative estimate of drug-likeness (QED) is 0.392. The maximum absolute atomic E-state index is 13.2. The van der Waals surface area contributed by atoms with Gasteiger partial charge < -0.3 is 4.52 Å². The van der Waals surface area contributed by atoms with Crippen molar-refractivity contribution < 1.29 is 13.7 Å². The molecule has 0 unspecified atom stereocenters. The number of thiophene rings is 1. The third-order valence-corrected chi connectivity index (χ3v) is 6.25. The number of rotatable bonds is 6. The van der Waals surface area contributed by atoms with Crippen LogP contribution in [0, 0.1) is 12.7 Å². The van der Waals surface area contributed by atoms with E-state index in [2.05, 4.69) is 20.6 Å². The number of aromatic nitrogens is 4. The molecule has 5 aromatic rings. The number of fused-ring (bicyclic) bond motifs is 1. The van der Waals surface area contributed by atoms with Crippen LogP contribution in [0.25, 0.3) is 32.7 Å². The van der Waals surface area contributed by atoms with Gasteiger partial charge in [-0.1, -0.05) is 35.5 Å². The van der Waals surface area contributed by atoms with Gasteiger partial charge >= 0.3 is 0 Å². The molecule has 3 heterocycles. The second kappa shape index (κ2) is 8.99. The van der Waals surface area contributed by atoms with Gasteiger partial charge in [0, 0.05) is 28.8 Å². The number of halogens is 1. The predicted octanol–water partition coefficient (Wildman–Crippen LogP) is 4.33. The topological polar surface area (TPSA) is 103 Å². The summed E-state index contributed by atoms with van der Waals surface area (Å²) in [5, 5.41) is 4.33. The predicted molar refractivity (Wildman–Crippen MR) is 126 cm³/mol. The van der Waals surface area contributed by atoms with Crippen molar-refractivity contribution in [2.24, 2.45) is 0 Å². The van der Waals surface area contributed by atoms with E-state index >= 15 is 0 Å². The SMILES string of the molecule is Cc1sc2ncn(NC(=O)CCc3nc(-c4ccc(F)cc4)no3)c(=O)c2c1-c1ccccc1. The van der Waals surface area contributed by atoms with Crippen LogP contribution < -0.4 is 11.0 Å². The molecule has 0 aliphatic heterocycles. The molecule has 170 valence electrons. The fourth-order valence-corrected chi connectivity index (χ4v) is 4.62. The van der Waals surface area contributed by atoms with Gasteiger partial charge in [-0.25, -0.2) is 14.1 Å². The van der Waals surface area contributed by atoms with E-state index in [0.717, 1.165) is 20.7 Å². The van der Waals surface area contributed by atoms with Crippen LogP contribution in [0.15, 0.2) is 70.2 Å². The van der Waals surface area contributed by atoms with Gasteiger partial charge in [0.15, 0.2) is 0 Å². The van der Waals surface area contributed by atoms with Crippen LogP contribution >= 0.6 is 11.3 Å². The first-order valence-electron chi connectivity index (χ1n) is 10.4. The van der Waals surface area contributed by atoms with Crippen LogP contribution in [0.2, 0.25) is 0 Å². The third-order valence-electron chi connectivity index (χ3n) is 5.23. The molecule has 0 aliphatic carbocycles. The molecule has 0 atom stereocenters. The van der Waals surface area contributed by atoms with Crippen molar-refractivity contribution in [2.75, 3.05) is 5.43 Å². The number of carbonyl (C=O) groups is 1. The highest BCUT2D eigenvalue weighted by Crippen LogP contribution is 2.35. The average molecular weight is 476 g/mol. The summed E-state index contributed by atoms with van der Waals surface area (Å²) >= 11 is 1.44. The molecule has 0 bridgehead atoms. The third kappa shape index (κ3) is 4.23. The molecule has 0 fully saturated rings. The summed E-state index contributed by atoms with van der Waals surface area (Å²) in [6, 6.07) is 15.3. The summed E-state index contributed by atoms with van der Waals surface area (Å²) in [7, 11) is 0. The largest absolute Gasteiger partial charge is 0.339 e. The van der Waals surface area contributed by atoms with Crippen molar-refractivity contribution in [3.8, 4) is 22.5 Å². The van der Waals surface area contributed by atoms with E-state index in [1.54, 1.807) is 12.1 Å². The van der Waals surface area contributed by atoms with Gasteiger partial charge in [-0.15, -0.1) is 11.3 Å². The summed E-state index contributed by atoms with van der Waals surface area (Å²) in [6.45, 7) is 1.95. The molecule has 0 saturated carbocycles. The Labute approximate surface area is 196 Å². The number of aryl methyl sites for hydroxylation is 2. The van der Waals surface area contributed by atoms with Crippen LogP contribution in [-0.4, -0.2) is 25.7 Å². The molecule has 0 saturated heterocycles. The van der Waals surface area contributed by atoms with Gasteiger partial charge in [0.05, 0.1) is 5.39 Å². The normalized spacial score (nSPS) is 11.1. The first-order valence-corrected chi connectivity index (χ1v) is 11.3. The minimum Gasteiger partial charge on any atom is -0.339 e. The Balaban J connectivity index is 1.32. The monoisotopic (exact) mass is 475 g/mol. The van der Waals surface area contributed by atoms with E-state index < -0.39 is 5.91 Å². The van der Waals surface area contributed by atoms with Crippen molar-refractivity contribution in [3.63, 3.8) is 0 Å². The van der Waals surface area contributed by atoms with Crippen molar-refractivity contribution >= 4 is 27.5 Å². The summed E-state index contributed by atoms with van der Waals surface area (Å²) in [4.78, 5) is 35.9. The minimum atomic E-state index is -0.405. The lowest BCUT2D eigenvalue weighted by atomic mass is 10.0. The molecular weight excluding hydrogens is 457 g/mol. The van der Waals surface area contributed by atoms with Crippen molar-refractivity contribution in [1.82, 2.24) is 19.8 Å². The summed E-state index contributed by atoms with van der Waals surface area (Å²) < 4.78 is 19.4. The van der Waals surface area contributed by atoms with Gasteiger partial charge in [-0.2, -0.15) is 4.98 Å². The smallest absolute Gasteiger partial charge is 0.281 e. The van der Waals surface area contributed by atoms with E-state index in [4.69, 9.17) is 4.52 Å². The lowest BCUT2D eigenvalue weighted by molar-refractivity contribution is -0.117. The van der Waals surface area contributed by atoms with Crippen LogP contribution in [0.3, 0.4) is 0 Å². The number of hydrogen-bond acceptors (Lipinski definition) is 7. The molecule has 1 amide bonds. The Kier molecular flexibility index (Phi) is 5.72. The van der Waals surface area contributed by atoms with Gasteiger partial charge in [0.2, 0.25) is 17.6 Å². The summed E-state index contributed by atoms with van der Waals surface area (Å²) in [5.41, 5.74) is 4.58. The number of benzene rings is 2. The molecule has 8 nitrogen and oxygen atoms in total. The molecular formula is C24H18FN5O3S. The summed E-state index contributed by atoms with van der Waals surface area (Å²) in [6.07, 6.45) is 1.51. The highest BCUT2D eigenvalue weighted by molar-refractivity contribution is 7.19. The molecule has 10 heteroatoms. The zero-order valence-electron chi connectivity index (χ0n) is 18.0. The molecule has 0 radical (unpaired) electrons. The molecule has 3 aromatic heterocycles. The van der Waals surface area contributed by atoms with Gasteiger partial charge in [-0.3, -0.25) is 15.0 Å². The first kappa shape index (κ1) is 21.7. The second-order valence-electron chi connectivity index (χ2n) is 7.55. The zero-order chi connectivity index (χ0) is 23.7. The number of amides is 1. The van der Waals surface area contributed by atoms with E-state index in [1.807, 2.05) is 37.3 Å². The lowest BCUT2D eigenvalue weighted by Crippen LogP contribution is -2.33. The molecule has 0 spiro atoms. The van der Waals surface area contributed by atoms with Crippen molar-refractivity contribution in [2.45, 2.75) is 19.8 Å². The summed E-state index contributed by atoms with van der Waals surface area (Å²) in [5.74, 6) is -0.198. The highest BCUT2D eigenvalue weighted by Gasteiger charge is 2.18. The Morgan fingerprint density at radius 2 is 1.88 bits per heavy atom. The Bertz CT molecular complexity index is 1540. The van der Waals surface area contributed by atoms with Crippen LogP contribution in [0.5, 0.6) is 0 Å². The van der Waals surface area contributed by atoms with E-state index in [9.17, 15) is 14.0 Å². The second-order valence-corrected chi connectivity index (χ2v) is 8.76. The highest BCUT2D eigenvalue weighted by atomic mass is 32.1. The number of hydrogen-bond donors (Lipinski definition) is 1. The van der Waals surface area contributed by atoms with Crippen molar-refractivity contribution in [3.05, 3.63) is 87.9 Å². The van der Waals surface area contributed by atoms with Gasteiger partial charge in [-0.05, 0) is 36.8 Å². The fourth-order valence-electron chi connectivity index (χ4n) is 3.62. The molecule has 1 N–H and O–H groups in total. The fraction of sp³-hybridized carbons (Fsp3) is 0.125. The van der Waals surface area contributed by atoms with Crippen molar-refractivity contribution in [1.29, 1.82) is 0 Å². The van der Waals surface area contributed by atoms with Crippen LogP contribution in [-0.2, 0) is 11.2 Å². The lowest BCUT2D eigenvalue weighted by Gasteiger charge is -2.08. The van der Waals surface area contributed by atoms with E-state index in [1.165, 1.54) is 29.8 Å². The minimum absolute atomic E-state index is 0.0176. The number of carbonyl (C=O) groups excluding carboxylic acids is 1. The first-order chi connectivity index (χ1) is 16.5. The van der Waals surface area contributed by atoms with Gasteiger partial charge in [0.25, 0.3) is 5.56 Å². The molecule has 0 aliphatic rings. The van der Waals surface area contributed by atoms with Crippen LogP contribution in [0.1, 0.15) is 17.2 Å². The van der Waals surface area contributed by atoms with Gasteiger partial charge in [0.1, 0.15) is 17.0 Å². The van der Waals surface area contributed by atoms with E-state index in [-0.39, 0.29) is 30.1 Å². The number of nitrogens with zero attached hydrogens (tertiary/aromatic N) is 4. The maximum Gasteiger partial charge on any atom is 0.281 e. The molecule has 5 rings (SSSR count). The Morgan fingerprint density at radius 1 is 1.12 bits per heavy atom. The molecule has 2 aromatic carbocycles. The molecule has 34 heavy (non-hydrogen) atoms. The van der Waals surface area contributed by atoms with E-state index in [0.29, 0.717) is 21.6 Å². The average Bonchev–Trinajstić information content (AvgIpc) is 3.45. The van der Waals surface area contributed by atoms with Crippen LogP contribution in [0.4, 0.5) is 4.39 Å².